The van der Waals surface area contributed by atoms with E-state index in [1.54, 1.807) is 6.92 Å². The van der Waals surface area contributed by atoms with Gasteiger partial charge in [0.2, 0.25) is 0 Å². The van der Waals surface area contributed by atoms with E-state index in [4.69, 9.17) is 0 Å². The topological polar surface area (TPSA) is 29.1 Å². The van der Waals surface area contributed by atoms with Crippen molar-refractivity contribution in [2.45, 2.75) is 20.3 Å². The highest BCUT2D eigenvalue weighted by Gasteiger charge is 2.05. The molecule has 1 rings (SSSR count). The second-order valence-corrected chi connectivity index (χ2v) is 4.25. The molecule has 0 bridgehead atoms. The molecule has 0 atom stereocenters. The number of amides is 1. The Labute approximate surface area is 105 Å². The molecule has 1 aromatic rings. The highest BCUT2D eigenvalue weighted by atomic mass is 79.9. The van der Waals surface area contributed by atoms with Gasteiger partial charge in [-0.2, -0.15) is 0 Å². The van der Waals surface area contributed by atoms with E-state index in [2.05, 4.69) is 33.1 Å². The van der Waals surface area contributed by atoms with Crippen LogP contribution >= 0.6 is 15.9 Å². The van der Waals surface area contributed by atoms with Gasteiger partial charge in [0.1, 0.15) is 0 Å². The summed E-state index contributed by atoms with van der Waals surface area (Å²) in [5, 5.41) is 2.82. The van der Waals surface area contributed by atoms with Crippen molar-refractivity contribution in [3.63, 3.8) is 0 Å². The molecule has 0 unspecified atom stereocenters. The van der Waals surface area contributed by atoms with E-state index < -0.39 is 0 Å². The summed E-state index contributed by atoms with van der Waals surface area (Å²) in [5.74, 6) is 5.63. The van der Waals surface area contributed by atoms with Crippen molar-refractivity contribution in [2.75, 3.05) is 6.54 Å². The first-order valence-electron chi connectivity index (χ1n) is 5.09. The number of hydrogen-bond acceptors (Lipinski definition) is 1. The molecular weight excluding hydrogens is 266 g/mol. The molecular formula is C13H14BrNO. The third-order valence-corrected chi connectivity index (χ3v) is 3.00. The fourth-order valence-corrected chi connectivity index (χ4v) is 1.58. The van der Waals surface area contributed by atoms with E-state index >= 15 is 0 Å². The van der Waals surface area contributed by atoms with Gasteiger partial charge in [0, 0.05) is 23.0 Å². The zero-order chi connectivity index (χ0) is 12.0. The van der Waals surface area contributed by atoms with Crippen LogP contribution in [0.5, 0.6) is 0 Å². The van der Waals surface area contributed by atoms with Crippen LogP contribution < -0.4 is 5.32 Å². The Hall–Kier alpha value is -1.27. The average Bonchev–Trinajstić information content (AvgIpc) is 2.28. The first-order valence-corrected chi connectivity index (χ1v) is 5.88. The molecule has 0 saturated carbocycles. The smallest absolute Gasteiger partial charge is 0.251 e. The molecule has 1 amide bonds. The molecule has 1 aromatic carbocycles. The molecule has 16 heavy (non-hydrogen) atoms. The normalized spacial score (nSPS) is 9.19. The second kappa shape index (κ2) is 6.34. The molecule has 0 aliphatic carbocycles. The summed E-state index contributed by atoms with van der Waals surface area (Å²) >= 11 is 3.41. The van der Waals surface area contributed by atoms with Crippen molar-refractivity contribution in [1.82, 2.24) is 5.32 Å². The zero-order valence-electron chi connectivity index (χ0n) is 9.43. The summed E-state index contributed by atoms with van der Waals surface area (Å²) in [7, 11) is 0. The number of halogens is 1. The number of benzene rings is 1. The molecule has 0 heterocycles. The molecule has 84 valence electrons. The van der Waals surface area contributed by atoms with E-state index in [9.17, 15) is 4.79 Å². The predicted molar refractivity (Wildman–Crippen MR) is 69.3 cm³/mol. The molecule has 0 fully saturated rings. The predicted octanol–water partition coefficient (Wildman–Crippen LogP) is 2.90. The molecule has 0 aromatic heterocycles. The first-order chi connectivity index (χ1) is 7.65. The number of nitrogens with one attached hydrogen (secondary N) is 1. The van der Waals surface area contributed by atoms with Gasteiger partial charge in [-0.1, -0.05) is 22.0 Å². The Balaban J connectivity index is 2.58. The molecule has 0 saturated heterocycles. The quantitative estimate of drug-likeness (QED) is 0.669. The number of aryl methyl sites for hydroxylation is 1. The minimum Gasteiger partial charge on any atom is -0.351 e. The van der Waals surface area contributed by atoms with Crippen LogP contribution in [0.4, 0.5) is 0 Å². The molecule has 1 N–H and O–H groups in total. The molecule has 0 spiro atoms. The van der Waals surface area contributed by atoms with Gasteiger partial charge in [0.15, 0.2) is 0 Å². The van der Waals surface area contributed by atoms with Crippen LogP contribution in [0.2, 0.25) is 0 Å². The van der Waals surface area contributed by atoms with Crippen LogP contribution in [0.25, 0.3) is 0 Å². The van der Waals surface area contributed by atoms with E-state index in [0.29, 0.717) is 18.5 Å². The molecule has 0 radical (unpaired) electrons. The molecule has 3 heteroatoms. The van der Waals surface area contributed by atoms with E-state index in [-0.39, 0.29) is 5.91 Å². The highest BCUT2D eigenvalue weighted by molar-refractivity contribution is 9.10. The van der Waals surface area contributed by atoms with Crippen molar-refractivity contribution >= 4 is 21.8 Å². The SMILES string of the molecule is CC#CCCNC(=O)c1ccc(C)c(Br)c1. The summed E-state index contributed by atoms with van der Waals surface area (Å²) < 4.78 is 0.952. The molecule has 2 nitrogen and oxygen atoms in total. The third-order valence-electron chi connectivity index (χ3n) is 2.15. The lowest BCUT2D eigenvalue weighted by atomic mass is 10.1. The summed E-state index contributed by atoms with van der Waals surface area (Å²) in [6.45, 7) is 4.37. The zero-order valence-corrected chi connectivity index (χ0v) is 11.0. The minimum atomic E-state index is -0.0568. The number of carbonyl (C=O) groups excluding carboxylic acids is 1. The lowest BCUT2D eigenvalue weighted by Crippen LogP contribution is -2.24. The number of hydrogen-bond donors (Lipinski definition) is 1. The largest absolute Gasteiger partial charge is 0.351 e. The average molecular weight is 280 g/mol. The van der Waals surface area contributed by atoms with Crippen molar-refractivity contribution in [3.8, 4) is 11.8 Å². The van der Waals surface area contributed by atoms with Crippen LogP contribution in [-0.4, -0.2) is 12.5 Å². The van der Waals surface area contributed by atoms with Crippen LogP contribution in [0.1, 0.15) is 29.3 Å². The summed E-state index contributed by atoms with van der Waals surface area (Å²) in [6, 6.07) is 5.57. The van der Waals surface area contributed by atoms with Gasteiger partial charge < -0.3 is 5.32 Å². The third kappa shape index (κ3) is 3.71. The maximum absolute atomic E-state index is 11.7. The van der Waals surface area contributed by atoms with Crippen LogP contribution in [-0.2, 0) is 0 Å². The standard InChI is InChI=1S/C13H14BrNO/c1-3-4-5-8-15-13(16)11-7-6-10(2)12(14)9-11/h6-7,9H,5,8H2,1-2H3,(H,15,16). The Morgan fingerprint density at radius 3 is 2.88 bits per heavy atom. The first kappa shape index (κ1) is 12.8. The van der Waals surface area contributed by atoms with E-state index in [1.165, 1.54) is 0 Å². The van der Waals surface area contributed by atoms with E-state index in [1.807, 2.05) is 25.1 Å². The van der Waals surface area contributed by atoms with Crippen LogP contribution in [0.15, 0.2) is 22.7 Å². The maximum atomic E-state index is 11.7. The van der Waals surface area contributed by atoms with Gasteiger partial charge in [0.05, 0.1) is 0 Å². The van der Waals surface area contributed by atoms with Gasteiger partial charge in [-0.3, -0.25) is 4.79 Å². The Bertz CT molecular complexity index is 443. The maximum Gasteiger partial charge on any atom is 0.251 e. The molecule has 0 aliphatic rings. The van der Waals surface area contributed by atoms with Gasteiger partial charge in [-0.25, -0.2) is 0 Å². The lowest BCUT2D eigenvalue weighted by Gasteiger charge is -2.04. The van der Waals surface area contributed by atoms with Crippen LogP contribution in [0, 0.1) is 18.8 Å². The number of rotatable bonds is 3. The lowest BCUT2D eigenvalue weighted by molar-refractivity contribution is 0.0954. The van der Waals surface area contributed by atoms with Crippen molar-refractivity contribution < 1.29 is 4.79 Å². The number of carbonyl (C=O) groups is 1. The van der Waals surface area contributed by atoms with Crippen molar-refractivity contribution in [2.24, 2.45) is 0 Å². The summed E-state index contributed by atoms with van der Waals surface area (Å²) in [6.07, 6.45) is 0.690. The second-order valence-electron chi connectivity index (χ2n) is 3.40. The van der Waals surface area contributed by atoms with Gasteiger partial charge in [-0.15, -0.1) is 11.8 Å². The summed E-state index contributed by atoms with van der Waals surface area (Å²) in [5.41, 5.74) is 1.79. The Kier molecular flexibility index (Phi) is 5.07. The fourth-order valence-electron chi connectivity index (χ4n) is 1.20. The molecule has 0 aliphatic heterocycles. The van der Waals surface area contributed by atoms with E-state index in [0.717, 1.165) is 10.0 Å². The Morgan fingerprint density at radius 1 is 1.50 bits per heavy atom. The summed E-state index contributed by atoms with van der Waals surface area (Å²) in [4.78, 5) is 11.7. The fraction of sp³-hybridized carbons (Fsp3) is 0.308. The van der Waals surface area contributed by atoms with Gasteiger partial charge >= 0.3 is 0 Å². The van der Waals surface area contributed by atoms with Crippen LogP contribution in [0.3, 0.4) is 0 Å². The van der Waals surface area contributed by atoms with Gasteiger partial charge in [0.25, 0.3) is 5.91 Å². The minimum absolute atomic E-state index is 0.0568. The van der Waals surface area contributed by atoms with Crippen molar-refractivity contribution in [3.05, 3.63) is 33.8 Å². The Morgan fingerprint density at radius 2 is 2.25 bits per heavy atom. The highest BCUT2D eigenvalue weighted by Crippen LogP contribution is 2.17. The monoisotopic (exact) mass is 279 g/mol. The van der Waals surface area contributed by atoms with Gasteiger partial charge in [-0.05, 0) is 31.5 Å². The van der Waals surface area contributed by atoms with Crippen molar-refractivity contribution in [1.29, 1.82) is 0 Å².